The summed E-state index contributed by atoms with van der Waals surface area (Å²) in [6.07, 6.45) is 0. The first-order chi connectivity index (χ1) is 26.3. The fourth-order valence-corrected chi connectivity index (χ4v) is 14.3. The Kier molecular flexibility index (Phi) is 8.34. The van der Waals surface area contributed by atoms with Gasteiger partial charge >= 0.3 is 0 Å². The predicted molar refractivity (Wildman–Crippen MR) is 225 cm³/mol. The van der Waals surface area contributed by atoms with Gasteiger partial charge in [-0.3, -0.25) is 0 Å². The summed E-state index contributed by atoms with van der Waals surface area (Å²) in [4.78, 5) is 0. The third-order valence-electron chi connectivity index (χ3n) is 10.8. The Labute approximate surface area is 311 Å². The quantitative estimate of drug-likeness (QED) is 0.147. The molecule has 0 aromatic heterocycles. The molecule has 0 atom stereocenters. The highest BCUT2D eigenvalue weighted by Gasteiger charge is 2.55. The van der Waals surface area contributed by atoms with E-state index < -0.39 is 8.07 Å². The van der Waals surface area contributed by atoms with Crippen molar-refractivity contribution in [1.29, 1.82) is 0 Å². The van der Waals surface area contributed by atoms with E-state index in [1.807, 2.05) is 0 Å². The highest BCUT2D eigenvalue weighted by Crippen LogP contribution is 2.59. The van der Waals surface area contributed by atoms with Crippen LogP contribution in [0.1, 0.15) is 22.3 Å². The van der Waals surface area contributed by atoms with Crippen LogP contribution in [0.5, 0.6) is 11.5 Å². The zero-order chi connectivity index (χ0) is 35.8. The number of methoxy groups -OCH3 is 2. The molecule has 0 radical (unpaired) electrons. The minimum atomic E-state index is -3.35. The van der Waals surface area contributed by atoms with Crippen LogP contribution in [-0.4, -0.2) is 22.3 Å². The summed E-state index contributed by atoms with van der Waals surface area (Å²) in [6.45, 7) is 0. The molecular formula is C50H38O2Si. The van der Waals surface area contributed by atoms with Crippen LogP contribution in [0.4, 0.5) is 0 Å². The van der Waals surface area contributed by atoms with E-state index in [2.05, 4.69) is 194 Å². The van der Waals surface area contributed by atoms with Crippen molar-refractivity contribution in [3.05, 3.63) is 216 Å². The van der Waals surface area contributed by atoms with Crippen molar-refractivity contribution >= 4 is 61.5 Å². The summed E-state index contributed by atoms with van der Waals surface area (Å²) in [5.74, 6) is 1.71. The van der Waals surface area contributed by atoms with Crippen LogP contribution in [-0.2, 0) is 0 Å². The standard InChI is InChI=1S/C50H38O2Si/c1-51-43-33-31-35-19-15-17-29-41(35)47(43)49-45(37-21-7-3-8-22-37)46(38-23-9-4-10-24-38)50(48-42-30-18-16-20-36(42)32-34-44(48)52-2)53(49,39-25-11-5-12-26-39)40-27-13-6-14-28-40/h3-34H,1-2H3. The van der Waals surface area contributed by atoms with Crippen LogP contribution >= 0.6 is 0 Å². The van der Waals surface area contributed by atoms with E-state index in [0.717, 1.165) is 44.5 Å². The molecule has 8 aromatic rings. The molecule has 1 heterocycles. The Hall–Kier alpha value is -6.42. The normalized spacial score (nSPS) is 13.8. The smallest absolute Gasteiger partial charge is 0.182 e. The molecule has 0 saturated heterocycles. The first kappa shape index (κ1) is 32.5. The first-order valence-corrected chi connectivity index (χ1v) is 20.1. The summed E-state index contributed by atoms with van der Waals surface area (Å²) >= 11 is 0. The highest BCUT2D eigenvalue weighted by molar-refractivity contribution is 7.29. The fraction of sp³-hybridized carbons (Fsp3) is 0.0400. The molecule has 0 aliphatic carbocycles. The molecule has 254 valence electrons. The van der Waals surface area contributed by atoms with E-state index in [1.54, 1.807) is 14.2 Å². The SMILES string of the molecule is COc1ccc2ccccc2c1C1=C(c2ccccc2)C(c2ccccc2)=C(c2c(OC)ccc3ccccc23)[Si]1(c1ccccc1)c1ccccc1. The average Bonchev–Trinajstić information content (AvgIpc) is 3.55. The van der Waals surface area contributed by atoms with Gasteiger partial charge in [0, 0.05) is 11.1 Å². The zero-order valence-corrected chi connectivity index (χ0v) is 30.8. The van der Waals surface area contributed by atoms with Gasteiger partial charge < -0.3 is 9.47 Å². The Morgan fingerprint density at radius 3 is 1.06 bits per heavy atom. The van der Waals surface area contributed by atoms with Crippen molar-refractivity contribution < 1.29 is 9.47 Å². The number of fused-ring (bicyclic) bond motifs is 2. The molecule has 2 nitrogen and oxygen atoms in total. The largest absolute Gasteiger partial charge is 0.496 e. The lowest BCUT2D eigenvalue weighted by Crippen LogP contribution is -2.59. The van der Waals surface area contributed by atoms with Gasteiger partial charge in [-0.05, 0) is 76.7 Å². The summed E-state index contributed by atoms with van der Waals surface area (Å²) < 4.78 is 12.9. The summed E-state index contributed by atoms with van der Waals surface area (Å²) in [7, 11) is 0.263. The molecule has 1 aliphatic heterocycles. The predicted octanol–water partition coefficient (Wildman–Crippen LogP) is 10.9. The second-order valence-corrected chi connectivity index (χ2v) is 17.1. The van der Waals surface area contributed by atoms with Crippen LogP contribution < -0.4 is 19.8 Å². The van der Waals surface area contributed by atoms with Crippen molar-refractivity contribution in [2.45, 2.75) is 0 Å². The monoisotopic (exact) mass is 698 g/mol. The maximum Gasteiger partial charge on any atom is 0.182 e. The molecule has 0 amide bonds. The molecule has 0 saturated carbocycles. The number of hydrogen-bond acceptors (Lipinski definition) is 2. The molecule has 0 bridgehead atoms. The lowest BCUT2D eigenvalue weighted by Gasteiger charge is -2.37. The van der Waals surface area contributed by atoms with Gasteiger partial charge in [-0.1, -0.05) is 182 Å². The van der Waals surface area contributed by atoms with Gasteiger partial charge in [-0.25, -0.2) is 0 Å². The second kappa shape index (κ2) is 13.6. The van der Waals surface area contributed by atoms with Gasteiger partial charge in [-0.15, -0.1) is 0 Å². The van der Waals surface area contributed by atoms with E-state index in [9.17, 15) is 0 Å². The minimum Gasteiger partial charge on any atom is -0.496 e. The van der Waals surface area contributed by atoms with Crippen molar-refractivity contribution in [3.63, 3.8) is 0 Å². The molecule has 8 aromatic carbocycles. The number of allylic oxidation sites excluding steroid dienone is 2. The Morgan fingerprint density at radius 2 is 0.679 bits per heavy atom. The van der Waals surface area contributed by atoms with E-state index in [-0.39, 0.29) is 0 Å². The average molecular weight is 699 g/mol. The van der Waals surface area contributed by atoms with Gasteiger partial charge in [0.15, 0.2) is 8.07 Å². The zero-order valence-electron chi connectivity index (χ0n) is 29.8. The van der Waals surface area contributed by atoms with Crippen molar-refractivity contribution in [2.75, 3.05) is 14.2 Å². The number of hydrogen-bond donors (Lipinski definition) is 0. The molecule has 0 fully saturated rings. The van der Waals surface area contributed by atoms with E-state index in [0.29, 0.717) is 0 Å². The van der Waals surface area contributed by atoms with E-state index >= 15 is 0 Å². The number of rotatable bonds is 8. The lowest BCUT2D eigenvalue weighted by atomic mass is 9.87. The highest BCUT2D eigenvalue weighted by atomic mass is 28.3. The molecule has 0 spiro atoms. The summed E-state index contributed by atoms with van der Waals surface area (Å²) in [6, 6.07) is 70.6. The first-order valence-electron chi connectivity index (χ1n) is 18.1. The Bertz CT molecular complexity index is 2470. The van der Waals surface area contributed by atoms with Crippen LogP contribution in [0.15, 0.2) is 194 Å². The van der Waals surface area contributed by atoms with Crippen LogP contribution in [0.3, 0.4) is 0 Å². The van der Waals surface area contributed by atoms with Crippen molar-refractivity contribution in [1.82, 2.24) is 0 Å². The Morgan fingerprint density at radius 1 is 0.340 bits per heavy atom. The number of benzene rings is 8. The second-order valence-electron chi connectivity index (χ2n) is 13.4. The van der Waals surface area contributed by atoms with E-state index in [1.165, 1.54) is 42.7 Å². The topological polar surface area (TPSA) is 18.5 Å². The van der Waals surface area contributed by atoms with Gasteiger partial charge in [0.25, 0.3) is 0 Å². The van der Waals surface area contributed by atoms with Gasteiger partial charge in [0.05, 0.1) is 14.2 Å². The maximum atomic E-state index is 6.46. The van der Waals surface area contributed by atoms with Gasteiger partial charge in [0.2, 0.25) is 0 Å². The van der Waals surface area contributed by atoms with Crippen molar-refractivity contribution in [2.24, 2.45) is 0 Å². The maximum absolute atomic E-state index is 6.46. The van der Waals surface area contributed by atoms with Crippen LogP contribution in [0.25, 0.3) is 43.1 Å². The van der Waals surface area contributed by atoms with Crippen LogP contribution in [0.2, 0.25) is 0 Å². The number of ether oxygens (including phenoxy) is 2. The minimum absolute atomic E-state index is 0.856. The molecule has 3 heteroatoms. The van der Waals surface area contributed by atoms with E-state index in [4.69, 9.17) is 9.47 Å². The molecule has 9 rings (SSSR count). The molecule has 0 unspecified atom stereocenters. The lowest BCUT2D eigenvalue weighted by molar-refractivity contribution is 0.414. The molecule has 0 N–H and O–H groups in total. The Balaban J connectivity index is 1.64. The van der Waals surface area contributed by atoms with Gasteiger partial charge in [0.1, 0.15) is 11.5 Å². The van der Waals surface area contributed by atoms with Crippen LogP contribution in [0, 0.1) is 0 Å². The molecule has 1 aliphatic rings. The summed E-state index contributed by atoms with van der Waals surface area (Å²) in [5.41, 5.74) is 7.02. The third-order valence-corrected chi connectivity index (χ3v) is 15.7. The molecule has 53 heavy (non-hydrogen) atoms. The van der Waals surface area contributed by atoms with Crippen molar-refractivity contribution in [3.8, 4) is 11.5 Å². The molecular weight excluding hydrogens is 661 g/mol. The van der Waals surface area contributed by atoms with Gasteiger partial charge in [-0.2, -0.15) is 0 Å². The summed E-state index contributed by atoms with van der Waals surface area (Å²) in [5, 5.41) is 9.86. The fourth-order valence-electron chi connectivity index (χ4n) is 8.64. The third kappa shape index (κ3) is 5.15.